The van der Waals surface area contributed by atoms with E-state index in [0.29, 0.717) is 6.54 Å². The first-order valence-electron chi connectivity index (χ1n) is 4.69. The van der Waals surface area contributed by atoms with Gasteiger partial charge in [-0.2, -0.15) is 12.7 Å². The third-order valence-electron chi connectivity index (χ3n) is 3.18. The molecule has 6 heteroatoms. The lowest BCUT2D eigenvalue weighted by Gasteiger charge is -2.48. The highest BCUT2D eigenvalue weighted by Crippen LogP contribution is 2.36. The second-order valence-electron chi connectivity index (χ2n) is 4.27. The van der Waals surface area contributed by atoms with Gasteiger partial charge in [0.1, 0.15) is 0 Å². The molecule has 1 fully saturated rings. The predicted octanol–water partition coefficient (Wildman–Crippen LogP) is -0.394. The minimum atomic E-state index is -3.54. The summed E-state index contributed by atoms with van der Waals surface area (Å²) < 4.78 is 23.3. The molecule has 0 atom stereocenters. The smallest absolute Gasteiger partial charge is 0.276 e. The summed E-state index contributed by atoms with van der Waals surface area (Å²) in [4.78, 5) is 2.10. The highest BCUT2D eigenvalue weighted by molar-refractivity contribution is 7.86. The lowest BCUT2D eigenvalue weighted by Crippen LogP contribution is -2.58. The Morgan fingerprint density at radius 3 is 2.00 bits per heavy atom. The summed E-state index contributed by atoms with van der Waals surface area (Å²) in [7, 11) is 1.95. The number of hydrogen-bond acceptors (Lipinski definition) is 3. The zero-order valence-electron chi connectivity index (χ0n) is 9.02. The maximum atomic E-state index is 11.1. The molecule has 0 bridgehead atoms. The normalized spacial score (nSPS) is 21.3. The Morgan fingerprint density at radius 2 is 1.79 bits per heavy atom. The Labute approximate surface area is 86.0 Å². The van der Waals surface area contributed by atoms with Crippen molar-refractivity contribution < 1.29 is 8.42 Å². The van der Waals surface area contributed by atoms with Crippen LogP contribution in [-0.2, 0) is 10.2 Å². The van der Waals surface area contributed by atoms with Gasteiger partial charge in [-0.25, -0.2) is 5.14 Å². The lowest BCUT2D eigenvalue weighted by atomic mass is 9.75. The van der Waals surface area contributed by atoms with Gasteiger partial charge in [0.2, 0.25) is 0 Å². The first kappa shape index (κ1) is 11.9. The van der Waals surface area contributed by atoms with E-state index in [-0.39, 0.29) is 5.54 Å². The van der Waals surface area contributed by atoms with Crippen LogP contribution in [0.3, 0.4) is 0 Å². The van der Waals surface area contributed by atoms with Crippen LogP contribution in [0.15, 0.2) is 0 Å². The Balaban J connectivity index is 2.67. The second-order valence-corrected chi connectivity index (χ2v) is 5.93. The van der Waals surface area contributed by atoms with E-state index in [9.17, 15) is 8.42 Å². The summed E-state index contributed by atoms with van der Waals surface area (Å²) in [5.41, 5.74) is 0.00118. The van der Waals surface area contributed by atoms with Gasteiger partial charge in [-0.3, -0.25) is 0 Å². The topological polar surface area (TPSA) is 66.6 Å². The fraction of sp³-hybridized carbons (Fsp3) is 1.00. The van der Waals surface area contributed by atoms with Crippen LogP contribution in [0.2, 0.25) is 0 Å². The molecule has 0 heterocycles. The van der Waals surface area contributed by atoms with E-state index in [4.69, 9.17) is 5.14 Å². The molecule has 1 aliphatic carbocycles. The van der Waals surface area contributed by atoms with E-state index < -0.39 is 10.2 Å². The van der Waals surface area contributed by atoms with Gasteiger partial charge in [-0.05, 0) is 33.4 Å². The first-order valence-corrected chi connectivity index (χ1v) is 6.20. The summed E-state index contributed by atoms with van der Waals surface area (Å²) in [6.45, 7) is 0.485. The molecule has 5 nitrogen and oxygen atoms in total. The minimum Gasteiger partial charge on any atom is -0.302 e. The molecular formula is C8H19N3O2S. The Hall–Kier alpha value is -0.170. The van der Waals surface area contributed by atoms with Crippen molar-refractivity contribution >= 4 is 10.2 Å². The van der Waals surface area contributed by atoms with Gasteiger partial charge in [0.15, 0.2) is 0 Å². The van der Waals surface area contributed by atoms with E-state index in [0.717, 1.165) is 19.3 Å². The third-order valence-corrected chi connectivity index (χ3v) is 4.18. The maximum Gasteiger partial charge on any atom is 0.276 e. The Kier molecular flexibility index (Phi) is 3.20. The summed E-state index contributed by atoms with van der Waals surface area (Å²) >= 11 is 0. The predicted molar refractivity (Wildman–Crippen MR) is 56.0 cm³/mol. The van der Waals surface area contributed by atoms with E-state index >= 15 is 0 Å². The molecule has 84 valence electrons. The molecule has 0 spiro atoms. The largest absolute Gasteiger partial charge is 0.302 e. The molecule has 0 aromatic rings. The van der Waals surface area contributed by atoms with Crippen molar-refractivity contribution in [3.8, 4) is 0 Å². The fourth-order valence-corrected chi connectivity index (χ4v) is 2.26. The first-order chi connectivity index (χ1) is 6.28. The van der Waals surface area contributed by atoms with Gasteiger partial charge in [0, 0.05) is 19.1 Å². The molecule has 0 saturated heterocycles. The van der Waals surface area contributed by atoms with Gasteiger partial charge in [-0.1, -0.05) is 0 Å². The molecule has 1 aliphatic rings. The molecule has 0 unspecified atom stereocenters. The molecule has 1 saturated carbocycles. The third kappa shape index (κ3) is 2.25. The van der Waals surface area contributed by atoms with Crippen LogP contribution in [-0.4, -0.2) is 50.8 Å². The molecule has 0 aromatic carbocycles. The quantitative estimate of drug-likeness (QED) is 0.703. The van der Waals surface area contributed by atoms with Gasteiger partial charge >= 0.3 is 0 Å². The average Bonchev–Trinajstić information content (AvgIpc) is 1.93. The lowest BCUT2D eigenvalue weighted by molar-refractivity contribution is 0.0455. The van der Waals surface area contributed by atoms with E-state index in [2.05, 4.69) is 4.90 Å². The molecule has 0 aromatic heterocycles. The minimum absolute atomic E-state index is 0.00118. The fourth-order valence-electron chi connectivity index (χ4n) is 1.84. The summed E-state index contributed by atoms with van der Waals surface area (Å²) in [5, 5.41) is 5.04. The molecule has 0 aliphatic heterocycles. The number of hydrogen-bond donors (Lipinski definition) is 1. The van der Waals surface area contributed by atoms with Crippen molar-refractivity contribution in [2.24, 2.45) is 5.14 Å². The molecule has 0 amide bonds. The highest BCUT2D eigenvalue weighted by Gasteiger charge is 2.41. The van der Waals surface area contributed by atoms with E-state index in [1.807, 2.05) is 14.1 Å². The van der Waals surface area contributed by atoms with Crippen molar-refractivity contribution in [3.05, 3.63) is 0 Å². The van der Waals surface area contributed by atoms with Crippen molar-refractivity contribution in [1.82, 2.24) is 9.21 Å². The Bertz CT molecular complexity index is 296. The zero-order valence-corrected chi connectivity index (χ0v) is 9.84. The number of nitrogens with two attached hydrogens (primary N) is 1. The monoisotopic (exact) mass is 221 g/mol. The van der Waals surface area contributed by atoms with Crippen molar-refractivity contribution in [2.45, 2.75) is 24.8 Å². The van der Waals surface area contributed by atoms with Gasteiger partial charge < -0.3 is 4.90 Å². The van der Waals surface area contributed by atoms with Crippen LogP contribution in [0.1, 0.15) is 19.3 Å². The molecule has 0 radical (unpaired) electrons. The second kappa shape index (κ2) is 3.77. The maximum absolute atomic E-state index is 11.1. The van der Waals surface area contributed by atoms with Gasteiger partial charge in [-0.15, -0.1) is 0 Å². The SMILES string of the molecule is CN(C)C1(CN(C)S(N)(=O)=O)CCC1. The zero-order chi connectivity index (χ0) is 11.0. The summed E-state index contributed by atoms with van der Waals surface area (Å²) in [6, 6.07) is 0. The van der Waals surface area contributed by atoms with E-state index in [1.165, 1.54) is 11.4 Å². The highest BCUT2D eigenvalue weighted by atomic mass is 32.2. The molecular weight excluding hydrogens is 202 g/mol. The number of likely N-dealkylation sites (N-methyl/N-ethyl adjacent to an activating group) is 2. The van der Waals surface area contributed by atoms with Crippen LogP contribution < -0.4 is 5.14 Å². The van der Waals surface area contributed by atoms with Gasteiger partial charge in [0.25, 0.3) is 10.2 Å². The average molecular weight is 221 g/mol. The van der Waals surface area contributed by atoms with Crippen LogP contribution in [0.4, 0.5) is 0 Å². The van der Waals surface area contributed by atoms with Crippen molar-refractivity contribution in [1.29, 1.82) is 0 Å². The number of rotatable bonds is 4. The van der Waals surface area contributed by atoms with Crippen molar-refractivity contribution in [2.75, 3.05) is 27.7 Å². The summed E-state index contributed by atoms with van der Waals surface area (Å²) in [5.74, 6) is 0. The van der Waals surface area contributed by atoms with Crippen LogP contribution in [0, 0.1) is 0 Å². The molecule has 1 rings (SSSR count). The molecule has 14 heavy (non-hydrogen) atoms. The Morgan fingerprint density at radius 1 is 1.29 bits per heavy atom. The van der Waals surface area contributed by atoms with Crippen molar-refractivity contribution in [3.63, 3.8) is 0 Å². The van der Waals surface area contributed by atoms with Crippen LogP contribution >= 0.6 is 0 Å². The summed E-state index contributed by atoms with van der Waals surface area (Å²) in [6.07, 6.45) is 3.25. The number of nitrogens with zero attached hydrogens (tertiary/aromatic N) is 2. The van der Waals surface area contributed by atoms with Crippen LogP contribution in [0.25, 0.3) is 0 Å². The van der Waals surface area contributed by atoms with Crippen LogP contribution in [0.5, 0.6) is 0 Å². The molecule has 2 N–H and O–H groups in total. The van der Waals surface area contributed by atoms with E-state index in [1.54, 1.807) is 0 Å². The standard InChI is InChI=1S/C8H19N3O2S/c1-10(2)8(5-4-6-8)7-11(3)14(9,12)13/h4-7H2,1-3H3,(H2,9,12,13). The van der Waals surface area contributed by atoms with Gasteiger partial charge in [0.05, 0.1) is 0 Å².